The van der Waals surface area contributed by atoms with Gasteiger partial charge in [0.2, 0.25) is 0 Å². The molecule has 27 atom stereocenters. The average Bonchev–Trinajstić information content (AvgIpc) is 3.76. The van der Waals surface area contributed by atoms with Crippen LogP contribution >= 0.6 is 0 Å². The van der Waals surface area contributed by atoms with Crippen molar-refractivity contribution in [1.82, 2.24) is 0 Å². The number of ether oxygens (including phenoxy) is 8. The van der Waals surface area contributed by atoms with Crippen molar-refractivity contribution in [1.29, 1.82) is 0 Å². The summed E-state index contributed by atoms with van der Waals surface area (Å²) < 4.78 is 48.8. The number of aliphatic hydroxyl groups is 11. The first-order valence-electron chi connectivity index (χ1n) is 24.2. The second-order valence-electron chi connectivity index (χ2n) is 21.6. The Balaban J connectivity index is 0.880. The van der Waals surface area contributed by atoms with Crippen LogP contribution in [-0.2, 0) is 37.9 Å². The number of methoxy groups -OCH3 is 1. The fourth-order valence-corrected chi connectivity index (χ4v) is 14.5. The minimum atomic E-state index is -1.74. The second kappa shape index (κ2) is 19.8. The molecule has 0 radical (unpaired) electrons. The maximum absolute atomic E-state index is 11.2. The Morgan fingerprint density at radius 2 is 1.22 bits per heavy atom. The van der Waals surface area contributed by atoms with Gasteiger partial charge in [0.1, 0.15) is 73.2 Å². The molecule has 8 aliphatic rings. The molecule has 0 aromatic carbocycles. The van der Waals surface area contributed by atoms with Crippen LogP contribution in [0.25, 0.3) is 0 Å². The summed E-state index contributed by atoms with van der Waals surface area (Å²) in [6.07, 6.45) is -12.7. The Morgan fingerprint density at radius 1 is 0.631 bits per heavy atom. The van der Waals surface area contributed by atoms with Crippen molar-refractivity contribution in [3.05, 3.63) is 0 Å². The molecular weight excluding hydrogens is 856 g/mol. The zero-order valence-corrected chi connectivity index (χ0v) is 38.4. The van der Waals surface area contributed by atoms with Crippen LogP contribution in [0.2, 0.25) is 0 Å². The van der Waals surface area contributed by atoms with Gasteiger partial charge in [-0.25, -0.2) is 0 Å². The fraction of sp³-hybridized carbons (Fsp3) is 1.00. The van der Waals surface area contributed by atoms with Crippen LogP contribution in [0, 0.1) is 52.3 Å². The lowest BCUT2D eigenvalue weighted by molar-refractivity contribution is -0.373. The Bertz CT molecular complexity index is 1580. The van der Waals surface area contributed by atoms with Gasteiger partial charge in [0.15, 0.2) is 24.7 Å². The molecule has 4 aliphatic heterocycles. The Hall–Kier alpha value is -0.760. The molecule has 19 nitrogen and oxygen atoms in total. The predicted molar refractivity (Wildman–Crippen MR) is 224 cm³/mol. The molecule has 0 amide bonds. The molecule has 8 fully saturated rings. The third-order valence-electron chi connectivity index (χ3n) is 18.3. The van der Waals surface area contributed by atoms with Crippen molar-refractivity contribution >= 4 is 0 Å². The molecule has 11 N–H and O–H groups in total. The van der Waals surface area contributed by atoms with Gasteiger partial charge in [0.25, 0.3) is 0 Å². The molecule has 4 saturated heterocycles. The molecule has 0 bridgehead atoms. The first-order valence-corrected chi connectivity index (χ1v) is 24.2. The molecule has 0 aromatic rings. The number of fused-ring (bicyclic) bond motifs is 7. The van der Waals surface area contributed by atoms with Crippen molar-refractivity contribution < 1.29 is 94.1 Å². The molecule has 4 aliphatic carbocycles. The highest BCUT2D eigenvalue weighted by Gasteiger charge is 2.69. The first kappa shape index (κ1) is 50.6. The summed E-state index contributed by atoms with van der Waals surface area (Å²) in [4.78, 5) is 0. The van der Waals surface area contributed by atoms with Crippen LogP contribution in [-0.4, -0.2) is 200 Å². The summed E-state index contributed by atoms with van der Waals surface area (Å²) in [5, 5.41) is 113. The number of aliphatic hydroxyl groups excluding tert-OH is 11. The molecular formula is C46H78O19. The van der Waals surface area contributed by atoms with Gasteiger partial charge < -0.3 is 94.1 Å². The average molecular weight is 935 g/mol. The van der Waals surface area contributed by atoms with E-state index in [9.17, 15) is 56.2 Å². The summed E-state index contributed by atoms with van der Waals surface area (Å²) in [7, 11) is 1.73. The van der Waals surface area contributed by atoms with E-state index in [0.717, 1.165) is 44.9 Å². The van der Waals surface area contributed by atoms with E-state index in [4.69, 9.17) is 37.9 Å². The largest absolute Gasteiger partial charge is 0.394 e. The van der Waals surface area contributed by atoms with Gasteiger partial charge in [0, 0.05) is 19.4 Å². The summed E-state index contributed by atoms with van der Waals surface area (Å²) in [6, 6.07) is 0. The van der Waals surface area contributed by atoms with Gasteiger partial charge in [-0.2, -0.15) is 0 Å². The third kappa shape index (κ3) is 8.90. The highest BCUT2D eigenvalue weighted by atomic mass is 16.8. The summed E-state index contributed by atoms with van der Waals surface area (Å²) in [5.74, 6) is 1.67. The molecule has 0 aromatic heterocycles. The van der Waals surface area contributed by atoms with Crippen LogP contribution in [0.4, 0.5) is 0 Å². The topological polar surface area (TPSA) is 296 Å². The van der Waals surface area contributed by atoms with Crippen molar-refractivity contribution in [2.45, 2.75) is 202 Å². The smallest absolute Gasteiger partial charge is 0.187 e. The molecule has 0 unspecified atom stereocenters. The van der Waals surface area contributed by atoms with E-state index >= 15 is 0 Å². The van der Waals surface area contributed by atoms with Crippen molar-refractivity contribution in [2.24, 2.45) is 52.3 Å². The molecule has 19 heteroatoms. The van der Waals surface area contributed by atoms with Crippen LogP contribution in [0.3, 0.4) is 0 Å². The molecule has 65 heavy (non-hydrogen) atoms. The van der Waals surface area contributed by atoms with E-state index < -0.39 is 118 Å². The maximum atomic E-state index is 11.2. The zero-order chi connectivity index (χ0) is 46.9. The zero-order valence-electron chi connectivity index (χ0n) is 38.4. The van der Waals surface area contributed by atoms with Crippen LogP contribution in [0.1, 0.15) is 91.9 Å². The summed E-state index contributed by atoms with van der Waals surface area (Å²) in [5.41, 5.74) is 0.150. The highest BCUT2D eigenvalue weighted by molar-refractivity contribution is 5.15. The van der Waals surface area contributed by atoms with E-state index in [1.165, 1.54) is 0 Å². The normalized spacial score (nSPS) is 54.9. The standard InChI is InChI=1S/C46H78O19/c1-20(19-59-41-38(56)35(53)32(50)28(16-47)61-41)8-13-46(58-5)21(2)31-27(65-46)15-26-24-7-6-22-14-23(9-11-44(22,3)25(24)10-12-45(26,31)4)60-43-40(37(55)34(52)30(18-49)63-43)64-42-39(57)36(54)33(51)29(17-48)62-42/h20-43,47-57H,6-19H2,1-5H3/t20-,21-,22+,23-,24+,25-,26-,27-,28-,29+,30+,31-,32-,33+,34-,35+,36-,37-,38-,39+,40+,41-,42-,43+,44-,45-,46+/m0/s1. The molecule has 4 heterocycles. The van der Waals surface area contributed by atoms with E-state index in [2.05, 4.69) is 20.8 Å². The van der Waals surface area contributed by atoms with Crippen LogP contribution in [0.15, 0.2) is 0 Å². The van der Waals surface area contributed by atoms with Gasteiger partial charge in [0.05, 0.1) is 38.6 Å². The molecule has 0 spiro atoms. The van der Waals surface area contributed by atoms with E-state index in [0.29, 0.717) is 48.9 Å². The maximum Gasteiger partial charge on any atom is 0.187 e. The lowest BCUT2D eigenvalue weighted by Gasteiger charge is -2.61. The number of hydrogen-bond donors (Lipinski definition) is 11. The van der Waals surface area contributed by atoms with Crippen LogP contribution in [0.5, 0.6) is 0 Å². The van der Waals surface area contributed by atoms with Gasteiger partial charge in [-0.1, -0.05) is 27.7 Å². The van der Waals surface area contributed by atoms with Crippen molar-refractivity contribution in [2.75, 3.05) is 33.5 Å². The minimum absolute atomic E-state index is 0.0271. The summed E-state index contributed by atoms with van der Waals surface area (Å²) in [6.45, 7) is 7.69. The Morgan fingerprint density at radius 3 is 1.85 bits per heavy atom. The Kier molecular flexibility index (Phi) is 15.4. The third-order valence-corrected chi connectivity index (χ3v) is 18.3. The van der Waals surface area contributed by atoms with E-state index in [1.54, 1.807) is 7.11 Å². The van der Waals surface area contributed by atoms with Crippen molar-refractivity contribution in [3.63, 3.8) is 0 Å². The molecule has 8 rings (SSSR count). The quantitative estimate of drug-likeness (QED) is 0.0920. The lowest BCUT2D eigenvalue weighted by Crippen LogP contribution is -2.65. The summed E-state index contributed by atoms with van der Waals surface area (Å²) >= 11 is 0. The van der Waals surface area contributed by atoms with E-state index in [1.807, 2.05) is 6.92 Å². The van der Waals surface area contributed by atoms with Gasteiger partial charge >= 0.3 is 0 Å². The van der Waals surface area contributed by atoms with Gasteiger partial charge in [-0.15, -0.1) is 0 Å². The van der Waals surface area contributed by atoms with E-state index in [-0.39, 0.29) is 41.5 Å². The van der Waals surface area contributed by atoms with Gasteiger partial charge in [-0.3, -0.25) is 0 Å². The molecule has 376 valence electrons. The monoisotopic (exact) mass is 935 g/mol. The van der Waals surface area contributed by atoms with Crippen LogP contribution < -0.4 is 0 Å². The second-order valence-corrected chi connectivity index (χ2v) is 21.6. The first-order chi connectivity index (χ1) is 30.9. The molecule has 4 saturated carbocycles. The van der Waals surface area contributed by atoms with Gasteiger partial charge in [-0.05, 0) is 104 Å². The predicted octanol–water partition coefficient (Wildman–Crippen LogP) is -1.13. The Labute approximate surface area is 381 Å². The highest BCUT2D eigenvalue weighted by Crippen LogP contribution is 2.71. The van der Waals surface area contributed by atoms with Crippen molar-refractivity contribution in [3.8, 4) is 0 Å². The SMILES string of the molecule is CO[C@]1(CC[C@H](C)CO[C@H]2O[C@@H](CO)[C@H](O)[C@@H](O)[C@@H]2O)O[C@H]2C[C@H]3[C@@H]4CC[C@@H]5C[C@@H](O[C@@H]6O[C@H](CO)[C@H](O)[C@H](O)[C@H]6O[C@@H]6O[C@H](CO)[C@@H](O)[C@H](O)[C@H]6O)CC[C@]5(C)[C@H]4CC[C@]3(C)[C@H]2[C@@H]1C. The number of hydrogen-bond acceptors (Lipinski definition) is 19. The lowest BCUT2D eigenvalue weighted by atomic mass is 9.44. The minimum Gasteiger partial charge on any atom is -0.394 e. The fourth-order valence-electron chi connectivity index (χ4n) is 14.5. The number of rotatable bonds is 14.